The smallest absolute Gasteiger partial charge is 0.318 e. The minimum atomic E-state index is -0.194. The fourth-order valence-corrected chi connectivity index (χ4v) is 2.65. The largest absolute Gasteiger partial charge is 0.395 e. The summed E-state index contributed by atoms with van der Waals surface area (Å²) >= 11 is 1.57. The van der Waals surface area contributed by atoms with E-state index in [0.29, 0.717) is 19.6 Å². The summed E-state index contributed by atoms with van der Waals surface area (Å²) in [6.45, 7) is 3.11. The van der Waals surface area contributed by atoms with Crippen molar-refractivity contribution in [3.63, 3.8) is 0 Å². The number of aromatic nitrogens is 1. The number of nitrogens with zero attached hydrogens (tertiary/aromatic N) is 2. The topological polar surface area (TPSA) is 65.5 Å². The highest BCUT2D eigenvalue weighted by molar-refractivity contribution is 7.11. The molecule has 5 nitrogen and oxygen atoms in total. The molecule has 0 saturated heterocycles. The number of urea groups is 1. The lowest BCUT2D eigenvalue weighted by Gasteiger charge is -2.22. The SMILES string of the molecule is Cc1cnc(CNC(=O)N(CCO)Cc2ccccc2)s1. The van der Waals surface area contributed by atoms with Crippen molar-refractivity contribution in [3.8, 4) is 0 Å². The van der Waals surface area contributed by atoms with Crippen LogP contribution in [0.4, 0.5) is 4.79 Å². The van der Waals surface area contributed by atoms with Crippen LogP contribution >= 0.6 is 11.3 Å². The normalized spacial score (nSPS) is 10.4. The number of carbonyl (C=O) groups is 1. The molecule has 6 heteroatoms. The summed E-state index contributed by atoms with van der Waals surface area (Å²) < 4.78 is 0. The van der Waals surface area contributed by atoms with Gasteiger partial charge in [-0.1, -0.05) is 30.3 Å². The van der Waals surface area contributed by atoms with Crippen molar-refractivity contribution in [3.05, 3.63) is 52.0 Å². The zero-order valence-electron chi connectivity index (χ0n) is 12.0. The van der Waals surface area contributed by atoms with E-state index in [1.807, 2.05) is 37.3 Å². The zero-order valence-corrected chi connectivity index (χ0v) is 12.8. The van der Waals surface area contributed by atoms with E-state index in [1.54, 1.807) is 22.4 Å². The van der Waals surface area contributed by atoms with Crippen LogP contribution in [0, 0.1) is 6.92 Å². The minimum Gasteiger partial charge on any atom is -0.395 e. The summed E-state index contributed by atoms with van der Waals surface area (Å²) in [6, 6.07) is 9.53. The van der Waals surface area contributed by atoms with Crippen LogP contribution in [0.15, 0.2) is 36.5 Å². The van der Waals surface area contributed by atoms with Gasteiger partial charge in [0.25, 0.3) is 0 Å². The molecule has 0 fully saturated rings. The fourth-order valence-electron chi connectivity index (χ4n) is 1.92. The molecule has 2 aromatic rings. The third kappa shape index (κ3) is 4.84. The number of benzene rings is 1. The second kappa shape index (κ2) is 7.75. The molecule has 0 unspecified atom stereocenters. The van der Waals surface area contributed by atoms with Crippen LogP contribution in [-0.2, 0) is 13.1 Å². The minimum absolute atomic E-state index is 0.0589. The second-order valence-electron chi connectivity index (χ2n) is 4.65. The summed E-state index contributed by atoms with van der Waals surface area (Å²) in [7, 11) is 0. The van der Waals surface area contributed by atoms with Crippen molar-refractivity contribution in [2.75, 3.05) is 13.2 Å². The molecule has 112 valence electrons. The van der Waals surface area contributed by atoms with Crippen molar-refractivity contribution >= 4 is 17.4 Å². The molecule has 21 heavy (non-hydrogen) atoms. The van der Waals surface area contributed by atoms with E-state index >= 15 is 0 Å². The van der Waals surface area contributed by atoms with E-state index in [-0.39, 0.29) is 12.6 Å². The molecule has 1 aromatic heterocycles. The number of hydrogen-bond donors (Lipinski definition) is 2. The Morgan fingerprint density at radius 1 is 1.38 bits per heavy atom. The maximum atomic E-state index is 12.2. The average molecular weight is 305 g/mol. The first kappa shape index (κ1) is 15.5. The summed E-state index contributed by atoms with van der Waals surface area (Å²) in [5.41, 5.74) is 1.03. The summed E-state index contributed by atoms with van der Waals surface area (Å²) in [6.07, 6.45) is 1.79. The first-order valence-electron chi connectivity index (χ1n) is 6.78. The van der Waals surface area contributed by atoms with Gasteiger partial charge in [0.1, 0.15) is 5.01 Å². The van der Waals surface area contributed by atoms with E-state index in [2.05, 4.69) is 10.3 Å². The molecule has 1 heterocycles. The highest BCUT2D eigenvalue weighted by Crippen LogP contribution is 2.11. The molecule has 0 spiro atoms. The average Bonchev–Trinajstić information content (AvgIpc) is 2.91. The Hall–Kier alpha value is -1.92. The van der Waals surface area contributed by atoms with Crippen LogP contribution < -0.4 is 5.32 Å². The molecule has 2 amide bonds. The van der Waals surface area contributed by atoms with E-state index < -0.39 is 0 Å². The summed E-state index contributed by atoms with van der Waals surface area (Å²) in [4.78, 5) is 19.1. The van der Waals surface area contributed by atoms with E-state index in [9.17, 15) is 4.79 Å². The van der Waals surface area contributed by atoms with Gasteiger partial charge in [0.15, 0.2) is 0 Å². The molecule has 2 rings (SSSR count). The van der Waals surface area contributed by atoms with Crippen molar-refractivity contribution < 1.29 is 9.90 Å². The second-order valence-corrected chi connectivity index (χ2v) is 5.97. The lowest BCUT2D eigenvalue weighted by Crippen LogP contribution is -2.40. The van der Waals surface area contributed by atoms with Gasteiger partial charge in [-0.25, -0.2) is 9.78 Å². The highest BCUT2D eigenvalue weighted by atomic mass is 32.1. The van der Waals surface area contributed by atoms with Crippen LogP contribution in [0.3, 0.4) is 0 Å². The predicted octanol–water partition coefficient (Wildman–Crippen LogP) is 2.16. The number of aryl methyl sites for hydroxylation is 1. The number of aliphatic hydroxyl groups excluding tert-OH is 1. The lowest BCUT2D eigenvalue weighted by atomic mass is 10.2. The van der Waals surface area contributed by atoms with Gasteiger partial charge in [-0.3, -0.25) is 0 Å². The molecule has 0 aliphatic heterocycles. The molecule has 1 aromatic carbocycles. The number of hydrogen-bond acceptors (Lipinski definition) is 4. The highest BCUT2D eigenvalue weighted by Gasteiger charge is 2.13. The number of aliphatic hydroxyl groups is 1. The van der Waals surface area contributed by atoms with Crippen molar-refractivity contribution in [2.45, 2.75) is 20.0 Å². The van der Waals surface area contributed by atoms with Crippen LogP contribution in [0.25, 0.3) is 0 Å². The quantitative estimate of drug-likeness (QED) is 0.859. The van der Waals surface area contributed by atoms with Gasteiger partial charge in [0.05, 0.1) is 13.2 Å². The van der Waals surface area contributed by atoms with Gasteiger partial charge < -0.3 is 15.3 Å². The Bertz CT molecular complexity index is 571. The van der Waals surface area contributed by atoms with Crippen LogP contribution in [0.1, 0.15) is 15.4 Å². The van der Waals surface area contributed by atoms with E-state index in [1.165, 1.54) is 0 Å². The molecule has 0 aliphatic rings. The van der Waals surface area contributed by atoms with Gasteiger partial charge >= 0.3 is 6.03 Å². The third-order valence-corrected chi connectivity index (χ3v) is 3.85. The Balaban J connectivity index is 1.92. The maximum absolute atomic E-state index is 12.2. The maximum Gasteiger partial charge on any atom is 0.318 e. The van der Waals surface area contributed by atoms with E-state index in [0.717, 1.165) is 15.4 Å². The Morgan fingerprint density at radius 3 is 2.76 bits per heavy atom. The molecule has 0 saturated carbocycles. The first-order valence-corrected chi connectivity index (χ1v) is 7.59. The van der Waals surface area contributed by atoms with Crippen molar-refractivity contribution in [2.24, 2.45) is 0 Å². The molecule has 0 atom stereocenters. The number of thiazole rings is 1. The Morgan fingerprint density at radius 2 is 2.14 bits per heavy atom. The number of amides is 2. The van der Waals surface area contributed by atoms with Gasteiger partial charge in [0, 0.05) is 24.2 Å². The number of carbonyl (C=O) groups excluding carboxylic acids is 1. The Labute approximate surface area is 128 Å². The van der Waals surface area contributed by atoms with Gasteiger partial charge in [-0.05, 0) is 12.5 Å². The molecule has 0 bridgehead atoms. The third-order valence-electron chi connectivity index (χ3n) is 2.93. The molecule has 0 radical (unpaired) electrons. The van der Waals surface area contributed by atoms with E-state index in [4.69, 9.17) is 5.11 Å². The summed E-state index contributed by atoms with van der Waals surface area (Å²) in [5.74, 6) is 0. The number of rotatable bonds is 6. The zero-order chi connectivity index (χ0) is 15.1. The fraction of sp³-hybridized carbons (Fsp3) is 0.333. The summed E-state index contributed by atoms with van der Waals surface area (Å²) in [5, 5.41) is 12.8. The number of nitrogens with one attached hydrogen (secondary N) is 1. The lowest BCUT2D eigenvalue weighted by molar-refractivity contribution is 0.173. The monoisotopic (exact) mass is 305 g/mol. The van der Waals surface area contributed by atoms with Gasteiger partial charge in [-0.2, -0.15) is 0 Å². The molecule has 2 N–H and O–H groups in total. The van der Waals surface area contributed by atoms with Gasteiger partial charge in [0.2, 0.25) is 0 Å². The van der Waals surface area contributed by atoms with Crippen molar-refractivity contribution in [1.29, 1.82) is 0 Å². The first-order chi connectivity index (χ1) is 10.2. The van der Waals surface area contributed by atoms with Crippen LogP contribution in [0.2, 0.25) is 0 Å². The van der Waals surface area contributed by atoms with Crippen LogP contribution in [0.5, 0.6) is 0 Å². The molecule has 0 aliphatic carbocycles. The van der Waals surface area contributed by atoms with Crippen LogP contribution in [-0.4, -0.2) is 34.2 Å². The standard InChI is InChI=1S/C15H19N3O2S/c1-12-9-16-14(21-12)10-17-15(20)18(7-8-19)11-13-5-3-2-4-6-13/h2-6,9,19H,7-8,10-11H2,1H3,(H,17,20). The van der Waals surface area contributed by atoms with Crippen molar-refractivity contribution in [1.82, 2.24) is 15.2 Å². The van der Waals surface area contributed by atoms with Gasteiger partial charge in [-0.15, -0.1) is 11.3 Å². The molecular formula is C15H19N3O2S. The molecular weight excluding hydrogens is 286 g/mol. The predicted molar refractivity (Wildman–Crippen MR) is 83.0 cm³/mol. The Kier molecular flexibility index (Phi) is 5.71.